The second kappa shape index (κ2) is 7.23. The highest BCUT2D eigenvalue weighted by Crippen LogP contribution is 2.45. The Bertz CT molecular complexity index is 1240. The molecule has 0 aliphatic carbocycles. The minimum Gasteiger partial charge on any atom is -0.491 e. The van der Waals surface area contributed by atoms with Crippen molar-refractivity contribution in [1.29, 1.82) is 0 Å². The first-order valence-electron chi connectivity index (χ1n) is 9.89. The van der Waals surface area contributed by atoms with Gasteiger partial charge in [0.25, 0.3) is 0 Å². The van der Waals surface area contributed by atoms with E-state index in [9.17, 15) is 14.7 Å². The number of carboxylic acid groups (broad SMARTS) is 1. The second-order valence-electron chi connectivity index (χ2n) is 8.75. The van der Waals surface area contributed by atoms with E-state index in [0.717, 1.165) is 22.3 Å². The zero-order chi connectivity index (χ0) is 22.5. The largest absolute Gasteiger partial charge is 0.491 e. The van der Waals surface area contributed by atoms with Gasteiger partial charge in [0, 0.05) is 35.8 Å². The third-order valence-corrected chi connectivity index (χ3v) is 5.74. The average molecular weight is 420 g/mol. The van der Waals surface area contributed by atoms with Gasteiger partial charge in [-0.3, -0.25) is 4.79 Å². The van der Waals surface area contributed by atoms with Crippen molar-refractivity contribution in [2.45, 2.75) is 33.2 Å². The number of pyridine rings is 1. The summed E-state index contributed by atoms with van der Waals surface area (Å²) in [6, 6.07) is 5.82. The van der Waals surface area contributed by atoms with E-state index in [1.54, 1.807) is 12.4 Å². The molecule has 3 heterocycles. The number of ether oxygens (including phenoxy) is 1. The summed E-state index contributed by atoms with van der Waals surface area (Å²) in [5, 5.41) is 9.56. The molecular weight excluding hydrogens is 396 g/mol. The molecule has 1 atom stereocenters. The number of nitrogens with zero attached hydrogens (tertiary/aromatic N) is 3. The minimum absolute atomic E-state index is 0.0404. The van der Waals surface area contributed by atoms with E-state index in [0.29, 0.717) is 12.1 Å². The summed E-state index contributed by atoms with van der Waals surface area (Å²) in [6.45, 7) is 6.28. The molecule has 4 rings (SSSR count). The number of hydrogen-bond donors (Lipinski definition) is 2. The van der Waals surface area contributed by atoms with Gasteiger partial charge in [0.15, 0.2) is 5.75 Å². The minimum atomic E-state index is -1.27. The SMILES string of the molecule is COc1c2n(cc(C(=O)O)c1=O)C(C(C)(C)C)Cc1cc(-c3cnc(N)nc3)ccc1-2. The van der Waals surface area contributed by atoms with Gasteiger partial charge in [0.1, 0.15) is 5.56 Å². The molecule has 0 spiro atoms. The molecule has 8 nitrogen and oxygen atoms in total. The molecule has 0 saturated heterocycles. The Morgan fingerprint density at radius 2 is 1.90 bits per heavy atom. The third kappa shape index (κ3) is 3.43. The highest BCUT2D eigenvalue weighted by molar-refractivity contribution is 5.89. The standard InChI is InChI=1S/C23H24N4O4/c1-23(2,3)17-8-13-7-12(14-9-25-22(24)26-10-14)5-6-15(13)18-20(31-4)19(28)16(21(29)30)11-27(17)18/h5-7,9-11,17H,8H2,1-4H3,(H,29,30)(H2,24,25,26). The zero-order valence-corrected chi connectivity index (χ0v) is 17.8. The molecule has 3 N–H and O–H groups in total. The van der Waals surface area contributed by atoms with E-state index < -0.39 is 11.4 Å². The Morgan fingerprint density at radius 1 is 1.23 bits per heavy atom. The van der Waals surface area contributed by atoms with E-state index >= 15 is 0 Å². The smallest absolute Gasteiger partial charge is 0.341 e. The van der Waals surface area contributed by atoms with Crippen LogP contribution < -0.4 is 15.9 Å². The van der Waals surface area contributed by atoms with E-state index in [-0.39, 0.29) is 28.7 Å². The predicted molar refractivity (Wildman–Crippen MR) is 117 cm³/mol. The normalized spacial score (nSPS) is 15.2. The molecular formula is C23H24N4O4. The molecule has 3 aromatic rings. The molecule has 1 aliphatic heterocycles. The summed E-state index contributed by atoms with van der Waals surface area (Å²) in [5.74, 6) is -1.02. The van der Waals surface area contributed by atoms with Crippen molar-refractivity contribution in [3.05, 3.63) is 58.1 Å². The maximum absolute atomic E-state index is 12.9. The number of fused-ring (bicyclic) bond motifs is 3. The van der Waals surface area contributed by atoms with Crippen molar-refractivity contribution in [2.24, 2.45) is 5.41 Å². The molecule has 1 aliphatic rings. The monoisotopic (exact) mass is 420 g/mol. The van der Waals surface area contributed by atoms with Crippen LogP contribution in [0.25, 0.3) is 22.4 Å². The van der Waals surface area contributed by atoms with Crippen molar-refractivity contribution < 1.29 is 14.6 Å². The van der Waals surface area contributed by atoms with Gasteiger partial charge in [-0.15, -0.1) is 0 Å². The van der Waals surface area contributed by atoms with Crippen LogP contribution >= 0.6 is 0 Å². The number of nitrogens with two attached hydrogens (primary N) is 1. The molecule has 31 heavy (non-hydrogen) atoms. The fourth-order valence-corrected chi connectivity index (χ4v) is 4.15. The van der Waals surface area contributed by atoms with E-state index in [1.165, 1.54) is 13.3 Å². The summed E-state index contributed by atoms with van der Waals surface area (Å²) in [5.41, 5.74) is 8.71. The van der Waals surface area contributed by atoms with Crippen LogP contribution in [0.5, 0.6) is 5.75 Å². The molecule has 0 saturated carbocycles. The van der Waals surface area contributed by atoms with Gasteiger partial charge in [-0.1, -0.05) is 39.0 Å². The molecule has 0 bridgehead atoms. The maximum atomic E-state index is 12.9. The van der Waals surface area contributed by atoms with Gasteiger partial charge in [-0.2, -0.15) is 0 Å². The number of aromatic carboxylic acids is 1. The molecule has 160 valence electrons. The lowest BCUT2D eigenvalue weighted by molar-refractivity contribution is 0.0693. The topological polar surface area (TPSA) is 120 Å². The molecule has 0 radical (unpaired) electrons. The number of rotatable bonds is 3. The molecule has 1 aromatic carbocycles. The van der Waals surface area contributed by atoms with E-state index in [4.69, 9.17) is 10.5 Å². The van der Waals surface area contributed by atoms with Gasteiger partial charge < -0.3 is 20.1 Å². The van der Waals surface area contributed by atoms with Gasteiger partial charge in [0.2, 0.25) is 11.4 Å². The van der Waals surface area contributed by atoms with Crippen LogP contribution in [-0.4, -0.2) is 32.7 Å². The van der Waals surface area contributed by atoms with Crippen LogP contribution in [-0.2, 0) is 6.42 Å². The Balaban J connectivity index is 2.00. The quantitative estimate of drug-likeness (QED) is 0.666. The Morgan fingerprint density at radius 3 is 2.48 bits per heavy atom. The van der Waals surface area contributed by atoms with Crippen LogP contribution in [0, 0.1) is 5.41 Å². The van der Waals surface area contributed by atoms with Crippen molar-refractivity contribution in [3.63, 3.8) is 0 Å². The number of methoxy groups -OCH3 is 1. The summed E-state index contributed by atoms with van der Waals surface area (Å²) < 4.78 is 7.34. The number of carboxylic acids is 1. The van der Waals surface area contributed by atoms with Crippen molar-refractivity contribution in [2.75, 3.05) is 12.8 Å². The molecule has 2 aromatic heterocycles. The highest BCUT2D eigenvalue weighted by atomic mass is 16.5. The summed E-state index contributed by atoms with van der Waals surface area (Å²) >= 11 is 0. The van der Waals surface area contributed by atoms with E-state index in [2.05, 4.69) is 36.8 Å². The lowest BCUT2D eigenvalue weighted by Gasteiger charge is -2.39. The fraction of sp³-hybridized carbons (Fsp3) is 0.304. The molecule has 1 unspecified atom stereocenters. The van der Waals surface area contributed by atoms with Crippen LogP contribution in [0.2, 0.25) is 0 Å². The first-order chi connectivity index (χ1) is 14.6. The molecule has 0 amide bonds. The number of benzene rings is 1. The Kier molecular flexibility index (Phi) is 4.80. The van der Waals surface area contributed by atoms with Crippen LogP contribution in [0.1, 0.15) is 42.7 Å². The van der Waals surface area contributed by atoms with Crippen LogP contribution in [0.15, 0.2) is 41.6 Å². The Hall–Kier alpha value is -3.68. The number of aromatic nitrogens is 3. The fourth-order valence-electron chi connectivity index (χ4n) is 4.15. The van der Waals surface area contributed by atoms with Crippen LogP contribution in [0.3, 0.4) is 0 Å². The number of nitrogen functional groups attached to an aromatic ring is 1. The molecule has 0 fully saturated rings. The average Bonchev–Trinajstić information content (AvgIpc) is 2.72. The predicted octanol–water partition coefficient (Wildman–Crippen LogP) is 3.40. The highest BCUT2D eigenvalue weighted by Gasteiger charge is 2.36. The summed E-state index contributed by atoms with van der Waals surface area (Å²) in [4.78, 5) is 32.7. The number of anilines is 1. The third-order valence-electron chi connectivity index (χ3n) is 5.74. The Labute approximate surface area is 179 Å². The number of carbonyl (C=O) groups is 1. The summed E-state index contributed by atoms with van der Waals surface area (Å²) in [7, 11) is 1.39. The first kappa shape index (κ1) is 20.6. The van der Waals surface area contributed by atoms with Gasteiger partial charge >= 0.3 is 5.97 Å². The first-order valence-corrected chi connectivity index (χ1v) is 9.89. The second-order valence-corrected chi connectivity index (χ2v) is 8.75. The van der Waals surface area contributed by atoms with Crippen LogP contribution in [0.4, 0.5) is 5.95 Å². The van der Waals surface area contributed by atoms with Gasteiger partial charge in [0.05, 0.1) is 12.8 Å². The lowest BCUT2D eigenvalue weighted by Crippen LogP contribution is -2.33. The van der Waals surface area contributed by atoms with E-state index in [1.807, 2.05) is 16.7 Å². The number of hydrogen-bond acceptors (Lipinski definition) is 6. The summed E-state index contributed by atoms with van der Waals surface area (Å²) in [6.07, 6.45) is 5.46. The molecule has 8 heteroatoms. The van der Waals surface area contributed by atoms with Gasteiger partial charge in [-0.25, -0.2) is 14.8 Å². The van der Waals surface area contributed by atoms with Crippen molar-refractivity contribution in [3.8, 4) is 28.1 Å². The zero-order valence-electron chi connectivity index (χ0n) is 17.8. The van der Waals surface area contributed by atoms with Gasteiger partial charge in [-0.05, 0) is 23.0 Å². The lowest BCUT2D eigenvalue weighted by atomic mass is 9.78. The van der Waals surface area contributed by atoms with Crippen molar-refractivity contribution in [1.82, 2.24) is 14.5 Å². The maximum Gasteiger partial charge on any atom is 0.341 e. The van der Waals surface area contributed by atoms with Crippen molar-refractivity contribution >= 4 is 11.9 Å².